The molecule has 2 aromatic heterocycles. The third-order valence-electron chi connectivity index (χ3n) is 5.30. The number of nitrogens with zero attached hydrogens (tertiary/aromatic N) is 2. The summed E-state index contributed by atoms with van der Waals surface area (Å²) in [5, 5.41) is 6.04. The average molecular weight is 376 g/mol. The fraction of sp³-hybridized carbons (Fsp3) is 0.318. The molecule has 3 aromatic rings. The normalized spacial score (nSPS) is 15.5. The van der Waals surface area contributed by atoms with Crippen LogP contribution in [-0.2, 0) is 0 Å². The molecule has 0 radical (unpaired) electrons. The van der Waals surface area contributed by atoms with Crippen LogP contribution in [0.3, 0.4) is 0 Å². The molecule has 0 bridgehead atoms. The maximum atomic E-state index is 12.9. The van der Waals surface area contributed by atoms with E-state index < -0.39 is 0 Å². The molecule has 1 aromatic carbocycles. The first-order valence-electron chi connectivity index (χ1n) is 9.77. The zero-order chi connectivity index (χ0) is 19.5. The number of imidazole rings is 1. The number of fused-ring (bicyclic) bond motifs is 1. The van der Waals surface area contributed by atoms with Crippen LogP contribution in [0.5, 0.6) is 0 Å². The average Bonchev–Trinajstić information content (AvgIpc) is 3.36. The fourth-order valence-electron chi connectivity index (χ4n) is 3.78. The highest BCUT2D eigenvalue weighted by molar-refractivity contribution is 6.02. The van der Waals surface area contributed by atoms with Crippen LogP contribution in [0.2, 0.25) is 0 Å². The van der Waals surface area contributed by atoms with Crippen LogP contribution in [0, 0.1) is 0 Å². The zero-order valence-corrected chi connectivity index (χ0v) is 15.9. The molecule has 6 nitrogen and oxygen atoms in total. The summed E-state index contributed by atoms with van der Waals surface area (Å²) >= 11 is 0. The van der Waals surface area contributed by atoms with Crippen molar-refractivity contribution in [2.24, 2.45) is 0 Å². The van der Waals surface area contributed by atoms with Gasteiger partial charge >= 0.3 is 0 Å². The van der Waals surface area contributed by atoms with E-state index in [0.717, 1.165) is 31.2 Å². The van der Waals surface area contributed by atoms with Crippen molar-refractivity contribution in [2.45, 2.75) is 44.7 Å². The number of nitrogens with one attached hydrogen (secondary N) is 2. The lowest BCUT2D eigenvalue weighted by Crippen LogP contribution is -2.33. The third kappa shape index (κ3) is 3.63. The summed E-state index contributed by atoms with van der Waals surface area (Å²) < 4.78 is 1.68. The second kappa shape index (κ2) is 7.84. The molecule has 1 aliphatic carbocycles. The summed E-state index contributed by atoms with van der Waals surface area (Å²) in [5.41, 5.74) is 1.94. The van der Waals surface area contributed by atoms with Crippen LogP contribution in [-0.4, -0.2) is 27.2 Å². The van der Waals surface area contributed by atoms with Gasteiger partial charge in [0.25, 0.3) is 11.8 Å². The Labute approximate surface area is 164 Å². The Morgan fingerprint density at radius 1 is 1.04 bits per heavy atom. The maximum absolute atomic E-state index is 12.9. The molecule has 6 heteroatoms. The van der Waals surface area contributed by atoms with Gasteiger partial charge in [0.15, 0.2) is 5.69 Å². The van der Waals surface area contributed by atoms with Gasteiger partial charge in [-0.3, -0.25) is 14.0 Å². The van der Waals surface area contributed by atoms with Crippen molar-refractivity contribution in [3.63, 3.8) is 0 Å². The van der Waals surface area contributed by atoms with Gasteiger partial charge in [-0.15, -0.1) is 0 Å². The molecule has 1 unspecified atom stereocenters. The van der Waals surface area contributed by atoms with Gasteiger partial charge in [0, 0.05) is 12.2 Å². The molecule has 1 fully saturated rings. The van der Waals surface area contributed by atoms with E-state index in [4.69, 9.17) is 0 Å². The van der Waals surface area contributed by atoms with Crippen molar-refractivity contribution >= 4 is 17.3 Å². The number of rotatable bonds is 5. The molecule has 1 aliphatic rings. The predicted molar refractivity (Wildman–Crippen MR) is 107 cm³/mol. The van der Waals surface area contributed by atoms with Crippen molar-refractivity contribution < 1.29 is 9.59 Å². The molecular formula is C22H24N4O2. The number of hydrogen-bond donors (Lipinski definition) is 2. The second-order valence-corrected chi connectivity index (χ2v) is 7.30. The summed E-state index contributed by atoms with van der Waals surface area (Å²) in [6.45, 7) is 1.93. The number of pyridine rings is 1. The van der Waals surface area contributed by atoms with E-state index in [0.29, 0.717) is 11.2 Å². The van der Waals surface area contributed by atoms with E-state index >= 15 is 0 Å². The molecule has 2 N–H and O–H groups in total. The van der Waals surface area contributed by atoms with Gasteiger partial charge in [0.05, 0.1) is 11.6 Å². The molecule has 1 atom stereocenters. The maximum Gasteiger partial charge on any atom is 0.288 e. The molecule has 2 heterocycles. The molecule has 2 amide bonds. The van der Waals surface area contributed by atoms with E-state index in [1.54, 1.807) is 10.6 Å². The van der Waals surface area contributed by atoms with E-state index in [9.17, 15) is 9.59 Å². The monoisotopic (exact) mass is 376 g/mol. The minimum absolute atomic E-state index is 0.166. The first-order chi connectivity index (χ1) is 13.6. The number of carbonyl (C=O) groups excluding carboxylic acids is 2. The topological polar surface area (TPSA) is 75.5 Å². The molecule has 0 spiro atoms. The first-order valence-corrected chi connectivity index (χ1v) is 9.77. The Morgan fingerprint density at radius 2 is 1.75 bits per heavy atom. The molecule has 0 aliphatic heterocycles. The van der Waals surface area contributed by atoms with Crippen LogP contribution in [0.15, 0.2) is 54.7 Å². The van der Waals surface area contributed by atoms with Gasteiger partial charge in [0.2, 0.25) is 5.82 Å². The first kappa shape index (κ1) is 18.2. The molecule has 0 saturated heterocycles. The highest BCUT2D eigenvalue weighted by atomic mass is 16.2. The van der Waals surface area contributed by atoms with Crippen LogP contribution >= 0.6 is 0 Å². The van der Waals surface area contributed by atoms with Gasteiger partial charge in [-0.25, -0.2) is 4.98 Å². The number of aromatic nitrogens is 2. The van der Waals surface area contributed by atoms with Crippen molar-refractivity contribution in [3.8, 4) is 0 Å². The molecular weight excluding hydrogens is 352 g/mol. The lowest BCUT2D eigenvalue weighted by atomic mass is 10.1. The Balaban J connectivity index is 1.60. The SMILES string of the molecule is CC(NC(=O)c1nc(C(=O)NC2CCCC2)c2ccccn12)c1ccccc1. The zero-order valence-electron chi connectivity index (χ0n) is 15.9. The quantitative estimate of drug-likeness (QED) is 0.716. The Morgan fingerprint density at radius 3 is 2.50 bits per heavy atom. The van der Waals surface area contributed by atoms with Gasteiger partial charge in [-0.1, -0.05) is 49.2 Å². The van der Waals surface area contributed by atoms with E-state index in [1.807, 2.05) is 55.5 Å². The van der Waals surface area contributed by atoms with Crippen LogP contribution in [0.25, 0.3) is 5.52 Å². The van der Waals surface area contributed by atoms with Gasteiger partial charge in [-0.05, 0) is 37.5 Å². The number of benzene rings is 1. The van der Waals surface area contributed by atoms with E-state index in [-0.39, 0.29) is 29.7 Å². The largest absolute Gasteiger partial charge is 0.348 e. The Kier molecular flexibility index (Phi) is 5.10. The molecule has 1 saturated carbocycles. The van der Waals surface area contributed by atoms with Gasteiger partial charge in [-0.2, -0.15) is 0 Å². The number of carbonyl (C=O) groups is 2. The van der Waals surface area contributed by atoms with Gasteiger partial charge in [0.1, 0.15) is 0 Å². The Hall–Kier alpha value is -3.15. The summed E-state index contributed by atoms with van der Waals surface area (Å²) in [4.78, 5) is 30.1. The van der Waals surface area contributed by atoms with E-state index in [1.165, 1.54) is 0 Å². The minimum atomic E-state index is -0.308. The minimum Gasteiger partial charge on any atom is -0.348 e. The summed E-state index contributed by atoms with van der Waals surface area (Å²) in [5.74, 6) is -0.307. The van der Waals surface area contributed by atoms with Crippen LogP contribution in [0.1, 0.15) is 65.3 Å². The Bertz CT molecular complexity index is 990. The second-order valence-electron chi connectivity index (χ2n) is 7.30. The highest BCUT2D eigenvalue weighted by Gasteiger charge is 2.25. The van der Waals surface area contributed by atoms with Crippen LogP contribution < -0.4 is 10.6 Å². The molecule has 28 heavy (non-hydrogen) atoms. The lowest BCUT2D eigenvalue weighted by molar-refractivity contribution is 0.0928. The molecule has 144 valence electrons. The summed E-state index contributed by atoms with van der Waals surface area (Å²) in [6.07, 6.45) is 6.04. The smallest absolute Gasteiger partial charge is 0.288 e. The van der Waals surface area contributed by atoms with Gasteiger partial charge < -0.3 is 10.6 Å². The fourth-order valence-corrected chi connectivity index (χ4v) is 3.78. The lowest BCUT2D eigenvalue weighted by Gasteiger charge is -2.13. The van der Waals surface area contributed by atoms with E-state index in [2.05, 4.69) is 15.6 Å². The standard InChI is InChI=1S/C22H24N4O2/c1-15(16-9-3-2-4-10-16)23-22(28)20-25-19(18-13-7-8-14-26(18)20)21(27)24-17-11-5-6-12-17/h2-4,7-10,13-15,17H,5-6,11-12H2,1H3,(H,23,28)(H,24,27). The third-order valence-corrected chi connectivity index (χ3v) is 5.30. The highest BCUT2D eigenvalue weighted by Crippen LogP contribution is 2.20. The van der Waals surface area contributed by atoms with Crippen molar-refractivity contribution in [1.82, 2.24) is 20.0 Å². The molecule has 4 rings (SSSR count). The summed E-state index contributed by atoms with van der Waals surface area (Å²) in [6, 6.07) is 15.3. The van der Waals surface area contributed by atoms with Crippen molar-refractivity contribution in [3.05, 3.63) is 71.8 Å². The van der Waals surface area contributed by atoms with Crippen molar-refractivity contribution in [2.75, 3.05) is 0 Å². The summed E-state index contributed by atoms with van der Waals surface area (Å²) in [7, 11) is 0. The van der Waals surface area contributed by atoms with Crippen LogP contribution in [0.4, 0.5) is 0 Å². The number of amides is 2. The number of hydrogen-bond acceptors (Lipinski definition) is 3. The van der Waals surface area contributed by atoms with Crippen molar-refractivity contribution in [1.29, 1.82) is 0 Å². The predicted octanol–water partition coefficient (Wildman–Crippen LogP) is 3.50.